The molecule has 134 valence electrons. The van der Waals surface area contributed by atoms with E-state index in [4.69, 9.17) is 0 Å². The van der Waals surface area contributed by atoms with Crippen LogP contribution in [-0.2, 0) is 0 Å². The highest BCUT2D eigenvalue weighted by molar-refractivity contribution is 5.94. The van der Waals surface area contributed by atoms with Gasteiger partial charge in [0, 0.05) is 37.2 Å². The Morgan fingerprint density at radius 2 is 1.92 bits per heavy atom. The maximum Gasteiger partial charge on any atom is 0.253 e. The molecule has 1 aromatic carbocycles. The number of aryl methyl sites for hydroxylation is 2. The molecule has 1 aliphatic heterocycles. The lowest BCUT2D eigenvalue weighted by Gasteiger charge is -2.32. The van der Waals surface area contributed by atoms with Crippen LogP contribution in [0, 0.1) is 13.8 Å². The lowest BCUT2D eigenvalue weighted by Crippen LogP contribution is -2.39. The van der Waals surface area contributed by atoms with Crippen molar-refractivity contribution >= 4 is 5.91 Å². The fourth-order valence-electron chi connectivity index (χ4n) is 3.61. The van der Waals surface area contributed by atoms with Crippen LogP contribution >= 0.6 is 0 Å². The van der Waals surface area contributed by atoms with Crippen LogP contribution in [0.2, 0.25) is 0 Å². The van der Waals surface area contributed by atoms with Gasteiger partial charge in [-0.05, 0) is 62.6 Å². The minimum absolute atomic E-state index is 0.107. The van der Waals surface area contributed by atoms with E-state index in [2.05, 4.69) is 10.2 Å². The Morgan fingerprint density at radius 1 is 1.12 bits per heavy atom. The van der Waals surface area contributed by atoms with E-state index < -0.39 is 0 Å². The van der Waals surface area contributed by atoms with Crippen LogP contribution in [0.1, 0.15) is 40.5 Å². The molecule has 0 atom stereocenters. The highest BCUT2D eigenvalue weighted by Crippen LogP contribution is 2.24. The lowest BCUT2D eigenvalue weighted by atomic mass is 10.0. The highest BCUT2D eigenvalue weighted by atomic mass is 16.2. The number of rotatable bonds is 3. The molecule has 6 heteroatoms. The monoisotopic (exact) mass is 349 g/mol. The first-order chi connectivity index (χ1) is 12.6. The SMILES string of the molecule is Cc1ccn(C2CCN(C(=O)c3ccc(-n4cccn4)c(C)c3)CC2)n1. The van der Waals surface area contributed by atoms with Crippen molar-refractivity contribution in [2.45, 2.75) is 32.7 Å². The van der Waals surface area contributed by atoms with E-state index in [1.54, 1.807) is 6.20 Å². The van der Waals surface area contributed by atoms with Gasteiger partial charge < -0.3 is 4.90 Å². The zero-order chi connectivity index (χ0) is 18.1. The molecule has 1 aliphatic rings. The van der Waals surface area contributed by atoms with Gasteiger partial charge in [0.15, 0.2) is 0 Å². The van der Waals surface area contributed by atoms with Crippen molar-refractivity contribution in [3.05, 3.63) is 65.7 Å². The summed E-state index contributed by atoms with van der Waals surface area (Å²) in [6.07, 6.45) is 7.58. The van der Waals surface area contributed by atoms with Gasteiger partial charge in [0.2, 0.25) is 0 Å². The zero-order valence-corrected chi connectivity index (χ0v) is 15.2. The molecule has 1 saturated heterocycles. The summed E-state index contributed by atoms with van der Waals surface area (Å²) in [5.74, 6) is 0.107. The Balaban J connectivity index is 1.44. The number of likely N-dealkylation sites (tertiary alicyclic amines) is 1. The van der Waals surface area contributed by atoms with E-state index in [1.165, 1.54) is 0 Å². The molecule has 1 fully saturated rings. The quantitative estimate of drug-likeness (QED) is 0.730. The van der Waals surface area contributed by atoms with Gasteiger partial charge in [-0.15, -0.1) is 0 Å². The van der Waals surface area contributed by atoms with Crippen molar-refractivity contribution < 1.29 is 4.79 Å². The van der Waals surface area contributed by atoms with Crippen molar-refractivity contribution in [1.29, 1.82) is 0 Å². The lowest BCUT2D eigenvalue weighted by molar-refractivity contribution is 0.0689. The topological polar surface area (TPSA) is 56.0 Å². The van der Waals surface area contributed by atoms with Crippen LogP contribution < -0.4 is 0 Å². The van der Waals surface area contributed by atoms with Crippen LogP contribution in [0.3, 0.4) is 0 Å². The number of benzene rings is 1. The number of hydrogen-bond acceptors (Lipinski definition) is 3. The van der Waals surface area contributed by atoms with Crippen molar-refractivity contribution in [3.63, 3.8) is 0 Å². The average Bonchev–Trinajstić information content (AvgIpc) is 3.33. The Labute approximate surface area is 153 Å². The number of piperidine rings is 1. The fourth-order valence-corrected chi connectivity index (χ4v) is 3.61. The summed E-state index contributed by atoms with van der Waals surface area (Å²) >= 11 is 0. The third-order valence-corrected chi connectivity index (χ3v) is 5.06. The molecule has 6 nitrogen and oxygen atoms in total. The molecule has 1 amide bonds. The highest BCUT2D eigenvalue weighted by Gasteiger charge is 2.25. The van der Waals surface area contributed by atoms with E-state index in [0.29, 0.717) is 6.04 Å². The minimum Gasteiger partial charge on any atom is -0.338 e. The van der Waals surface area contributed by atoms with Gasteiger partial charge >= 0.3 is 0 Å². The summed E-state index contributed by atoms with van der Waals surface area (Å²) in [5, 5.41) is 8.78. The Bertz CT molecular complexity index is 904. The first-order valence-electron chi connectivity index (χ1n) is 9.03. The van der Waals surface area contributed by atoms with Gasteiger partial charge in [-0.3, -0.25) is 9.48 Å². The molecule has 0 saturated carbocycles. The average molecular weight is 349 g/mol. The molecular weight excluding hydrogens is 326 g/mol. The normalized spacial score (nSPS) is 15.4. The number of aromatic nitrogens is 4. The smallest absolute Gasteiger partial charge is 0.253 e. The van der Waals surface area contributed by atoms with Crippen LogP contribution in [0.15, 0.2) is 48.9 Å². The number of hydrogen-bond donors (Lipinski definition) is 0. The summed E-state index contributed by atoms with van der Waals surface area (Å²) in [7, 11) is 0. The van der Waals surface area contributed by atoms with Crippen LogP contribution in [0.4, 0.5) is 0 Å². The number of nitrogens with zero attached hydrogens (tertiary/aromatic N) is 5. The largest absolute Gasteiger partial charge is 0.338 e. The van der Waals surface area contributed by atoms with Gasteiger partial charge in [0.25, 0.3) is 5.91 Å². The molecule has 4 rings (SSSR count). The maximum atomic E-state index is 12.9. The summed E-state index contributed by atoms with van der Waals surface area (Å²) in [4.78, 5) is 14.8. The van der Waals surface area contributed by atoms with E-state index >= 15 is 0 Å². The molecule has 26 heavy (non-hydrogen) atoms. The fraction of sp³-hybridized carbons (Fsp3) is 0.350. The third kappa shape index (κ3) is 3.14. The van der Waals surface area contributed by atoms with E-state index in [9.17, 15) is 4.79 Å². The second-order valence-corrected chi connectivity index (χ2v) is 6.91. The van der Waals surface area contributed by atoms with E-state index in [0.717, 1.165) is 48.4 Å². The summed E-state index contributed by atoms with van der Waals surface area (Å²) in [6, 6.07) is 10.1. The second-order valence-electron chi connectivity index (χ2n) is 6.91. The molecule has 0 bridgehead atoms. The first kappa shape index (κ1) is 16.6. The van der Waals surface area contributed by atoms with Crippen LogP contribution in [0.5, 0.6) is 0 Å². The van der Waals surface area contributed by atoms with E-state index in [-0.39, 0.29) is 5.91 Å². The van der Waals surface area contributed by atoms with Crippen molar-refractivity contribution in [1.82, 2.24) is 24.5 Å². The molecule has 0 radical (unpaired) electrons. The van der Waals surface area contributed by atoms with Crippen molar-refractivity contribution in [2.75, 3.05) is 13.1 Å². The van der Waals surface area contributed by atoms with Gasteiger partial charge in [-0.2, -0.15) is 10.2 Å². The van der Waals surface area contributed by atoms with Gasteiger partial charge in [0.1, 0.15) is 0 Å². The second kappa shape index (κ2) is 6.78. The molecule has 3 heterocycles. The standard InChI is InChI=1S/C20H23N5O/c1-15-14-17(4-5-19(15)25-10-3-9-21-25)20(26)23-11-7-18(8-12-23)24-13-6-16(2)22-24/h3-6,9-10,13-14,18H,7-8,11-12H2,1-2H3. The molecule has 0 spiro atoms. The van der Waals surface area contributed by atoms with Gasteiger partial charge in [-0.1, -0.05) is 0 Å². The minimum atomic E-state index is 0.107. The predicted octanol–water partition coefficient (Wildman–Crippen LogP) is 3.16. The van der Waals surface area contributed by atoms with Crippen molar-refractivity contribution in [2.24, 2.45) is 0 Å². The predicted molar refractivity (Wildman–Crippen MR) is 99.4 cm³/mol. The molecule has 2 aromatic heterocycles. The molecule has 3 aromatic rings. The Morgan fingerprint density at radius 3 is 2.54 bits per heavy atom. The summed E-state index contributed by atoms with van der Waals surface area (Å²) in [5.41, 5.74) is 3.82. The Kier molecular flexibility index (Phi) is 4.32. The zero-order valence-electron chi connectivity index (χ0n) is 15.2. The van der Waals surface area contributed by atoms with E-state index in [1.807, 2.05) is 70.8 Å². The number of carbonyl (C=O) groups is 1. The molecule has 0 unspecified atom stereocenters. The third-order valence-electron chi connectivity index (χ3n) is 5.06. The van der Waals surface area contributed by atoms with Crippen LogP contribution in [-0.4, -0.2) is 43.5 Å². The van der Waals surface area contributed by atoms with Crippen molar-refractivity contribution in [3.8, 4) is 5.69 Å². The molecular formula is C20H23N5O. The molecule has 0 aliphatic carbocycles. The first-order valence-corrected chi connectivity index (χ1v) is 9.03. The van der Waals surface area contributed by atoms with Gasteiger partial charge in [0.05, 0.1) is 17.4 Å². The number of carbonyl (C=O) groups excluding carboxylic acids is 1. The number of amides is 1. The molecule has 0 N–H and O–H groups in total. The van der Waals surface area contributed by atoms with Gasteiger partial charge in [-0.25, -0.2) is 4.68 Å². The maximum absolute atomic E-state index is 12.9. The van der Waals surface area contributed by atoms with Crippen LogP contribution in [0.25, 0.3) is 5.69 Å². The summed E-state index contributed by atoms with van der Waals surface area (Å²) < 4.78 is 3.86. The Hall–Kier alpha value is -2.89. The summed E-state index contributed by atoms with van der Waals surface area (Å²) in [6.45, 7) is 5.55.